The number of alkyl halides is 2. The summed E-state index contributed by atoms with van der Waals surface area (Å²) >= 11 is 7.88. The van der Waals surface area contributed by atoms with Crippen LogP contribution in [0.4, 0.5) is 0 Å². The van der Waals surface area contributed by atoms with Crippen molar-refractivity contribution in [2.24, 2.45) is 0 Å². The second-order valence-corrected chi connectivity index (χ2v) is 4.78. The average molecular weight is 202 g/mol. The van der Waals surface area contributed by atoms with E-state index in [0.717, 1.165) is 0 Å². The van der Waals surface area contributed by atoms with Gasteiger partial charge < -0.3 is 0 Å². The van der Waals surface area contributed by atoms with Crippen LogP contribution >= 0.6 is 34.2 Å². The van der Waals surface area contributed by atoms with E-state index in [1.54, 1.807) is 0 Å². The Balaban J connectivity index is 2.38. The molecule has 30 valence electrons. The van der Waals surface area contributed by atoms with Crippen LogP contribution < -0.4 is 0 Å². The first-order valence-electron chi connectivity index (χ1n) is 1.59. The number of hydrogen-bond acceptors (Lipinski definition) is 0. The highest BCUT2D eigenvalue weighted by Gasteiger charge is 2.36. The van der Waals surface area contributed by atoms with Gasteiger partial charge in [-0.3, -0.25) is 0 Å². The predicted octanol–water partition coefficient (Wildman–Crippen LogP) is 2.15. The first kappa shape index (κ1) is 4.19. The number of halogens is 2. The summed E-state index contributed by atoms with van der Waals surface area (Å²) in [6, 6.07) is 0. The molecule has 5 heavy (non-hydrogen) atoms. The monoisotopic (exact) mass is 202 g/mol. The zero-order chi connectivity index (χ0) is 3.91. The van der Waals surface area contributed by atoms with Gasteiger partial charge in [-0.05, 0) is 12.8 Å². The first-order chi connectivity index (χ1) is 2.21. The van der Waals surface area contributed by atoms with Gasteiger partial charge >= 0.3 is 0 Å². The highest BCUT2D eigenvalue weighted by Crippen LogP contribution is 2.48. The summed E-state index contributed by atoms with van der Waals surface area (Å²) in [7, 11) is 0. The van der Waals surface area contributed by atoms with E-state index in [1.807, 2.05) is 0 Å². The average Bonchev–Trinajstić information content (AvgIpc) is 1.76. The lowest BCUT2D eigenvalue weighted by Gasteiger charge is -1.79. The van der Waals surface area contributed by atoms with Gasteiger partial charge in [0.15, 0.2) is 0 Å². The Morgan fingerprint density at radius 1 is 1.60 bits per heavy atom. The van der Waals surface area contributed by atoms with Gasteiger partial charge in [0.1, 0.15) is 0 Å². The van der Waals surface area contributed by atoms with Gasteiger partial charge in [-0.15, -0.1) is 11.6 Å². The fourth-order valence-corrected chi connectivity index (χ4v) is 0.459. The summed E-state index contributed by atoms with van der Waals surface area (Å²) in [5.74, 6) is 0. The van der Waals surface area contributed by atoms with Gasteiger partial charge in [-0.25, -0.2) is 0 Å². The van der Waals surface area contributed by atoms with Crippen LogP contribution in [0.25, 0.3) is 0 Å². The van der Waals surface area contributed by atoms with Gasteiger partial charge in [-0.2, -0.15) is 0 Å². The lowest BCUT2D eigenvalue weighted by atomic mass is 11.0. The molecule has 0 saturated heterocycles. The lowest BCUT2D eigenvalue weighted by Crippen LogP contribution is -1.71. The second-order valence-electron chi connectivity index (χ2n) is 1.36. The summed E-state index contributed by atoms with van der Waals surface area (Å²) < 4.78 is 0.192. The van der Waals surface area contributed by atoms with Crippen molar-refractivity contribution in [2.45, 2.75) is 15.7 Å². The molecule has 0 aromatic carbocycles. The number of rotatable bonds is 0. The van der Waals surface area contributed by atoms with Crippen molar-refractivity contribution in [3.8, 4) is 0 Å². The van der Waals surface area contributed by atoms with Crippen molar-refractivity contribution in [1.29, 1.82) is 0 Å². The molecule has 0 heterocycles. The molecule has 1 aliphatic rings. The van der Waals surface area contributed by atoms with Crippen molar-refractivity contribution in [3.05, 3.63) is 0 Å². The minimum absolute atomic E-state index is 0.192. The topological polar surface area (TPSA) is 0 Å². The summed E-state index contributed by atoms with van der Waals surface area (Å²) in [5.41, 5.74) is 0. The quantitative estimate of drug-likeness (QED) is 0.417. The van der Waals surface area contributed by atoms with Gasteiger partial charge in [0.2, 0.25) is 0 Å². The van der Waals surface area contributed by atoms with E-state index in [4.69, 9.17) is 11.6 Å². The zero-order valence-corrected chi connectivity index (χ0v) is 5.58. The summed E-state index contributed by atoms with van der Waals surface area (Å²) in [5, 5.41) is 0. The van der Waals surface area contributed by atoms with Crippen LogP contribution in [0, 0.1) is 0 Å². The van der Waals surface area contributed by atoms with Crippen LogP contribution in [-0.4, -0.2) is 2.88 Å². The molecule has 1 rings (SSSR count). The van der Waals surface area contributed by atoms with Crippen LogP contribution in [-0.2, 0) is 0 Å². The Morgan fingerprint density at radius 3 is 1.80 bits per heavy atom. The molecule has 0 spiro atoms. The fourth-order valence-electron chi connectivity index (χ4n) is 0.0945. The molecule has 0 aliphatic heterocycles. The molecule has 0 aromatic heterocycles. The zero-order valence-electron chi connectivity index (χ0n) is 2.67. The Kier molecular flexibility index (Phi) is 0.835. The molecule has 0 aromatic rings. The fraction of sp³-hybridized carbons (Fsp3) is 1.00. The molecule has 1 fully saturated rings. The highest BCUT2D eigenvalue weighted by molar-refractivity contribution is 14.1. The standard InChI is InChI=1S/C3H4ClI/c4-3(5)1-2-3/h1-2H2. The summed E-state index contributed by atoms with van der Waals surface area (Å²) in [4.78, 5) is 0. The van der Waals surface area contributed by atoms with E-state index < -0.39 is 0 Å². The lowest BCUT2D eigenvalue weighted by molar-refractivity contribution is 1.45. The highest BCUT2D eigenvalue weighted by atomic mass is 127. The molecule has 0 nitrogen and oxygen atoms in total. The maximum absolute atomic E-state index is 5.63. The molecule has 1 aliphatic carbocycles. The number of hydrogen-bond donors (Lipinski definition) is 0. The first-order valence-corrected chi connectivity index (χ1v) is 3.04. The molecule has 0 N–H and O–H groups in total. The summed E-state index contributed by atoms with van der Waals surface area (Å²) in [6.07, 6.45) is 2.41. The Hall–Kier alpha value is 1.02. The van der Waals surface area contributed by atoms with E-state index in [9.17, 15) is 0 Å². The van der Waals surface area contributed by atoms with Crippen LogP contribution in [0.15, 0.2) is 0 Å². The molecule has 0 atom stereocenters. The van der Waals surface area contributed by atoms with Gasteiger partial charge in [-0.1, -0.05) is 22.6 Å². The van der Waals surface area contributed by atoms with Gasteiger partial charge in [0, 0.05) is 0 Å². The predicted molar refractivity (Wildman–Crippen MR) is 31.8 cm³/mol. The molecule has 2 heteroatoms. The summed E-state index contributed by atoms with van der Waals surface area (Å²) in [6.45, 7) is 0. The molecule has 0 amide bonds. The second kappa shape index (κ2) is 0.997. The Bertz CT molecular complexity index is 44.9. The third-order valence-electron chi connectivity index (χ3n) is 0.628. The van der Waals surface area contributed by atoms with Crippen molar-refractivity contribution in [2.75, 3.05) is 0 Å². The largest absolute Gasteiger partial charge is 0.108 e. The van der Waals surface area contributed by atoms with E-state index in [1.165, 1.54) is 12.8 Å². The third-order valence-corrected chi connectivity index (χ3v) is 2.08. The maximum Gasteiger partial charge on any atom is 0.0959 e. The van der Waals surface area contributed by atoms with Gasteiger partial charge in [0.05, 0.1) is 2.88 Å². The Morgan fingerprint density at radius 2 is 1.80 bits per heavy atom. The van der Waals surface area contributed by atoms with Crippen molar-refractivity contribution in [1.82, 2.24) is 0 Å². The third kappa shape index (κ3) is 1.26. The molecule has 0 radical (unpaired) electrons. The molecule has 0 unspecified atom stereocenters. The Labute approximate surface area is 50.0 Å². The van der Waals surface area contributed by atoms with Crippen molar-refractivity contribution < 1.29 is 0 Å². The van der Waals surface area contributed by atoms with Crippen molar-refractivity contribution >= 4 is 34.2 Å². The maximum atomic E-state index is 5.63. The smallest absolute Gasteiger partial charge is 0.0959 e. The minimum Gasteiger partial charge on any atom is -0.108 e. The molecule has 1 saturated carbocycles. The van der Waals surface area contributed by atoms with E-state index in [2.05, 4.69) is 22.6 Å². The normalized spacial score (nSPS) is 30.0. The minimum atomic E-state index is 0.192. The van der Waals surface area contributed by atoms with E-state index in [-0.39, 0.29) is 2.88 Å². The molecular weight excluding hydrogens is 198 g/mol. The SMILES string of the molecule is ClC1(I)CC1. The van der Waals surface area contributed by atoms with Crippen LogP contribution in [0.3, 0.4) is 0 Å². The van der Waals surface area contributed by atoms with Gasteiger partial charge in [0.25, 0.3) is 0 Å². The molecule has 0 bridgehead atoms. The molecular formula is C3H4ClI. The van der Waals surface area contributed by atoms with Crippen LogP contribution in [0.1, 0.15) is 12.8 Å². The van der Waals surface area contributed by atoms with E-state index in [0.29, 0.717) is 0 Å². The van der Waals surface area contributed by atoms with Crippen LogP contribution in [0.2, 0.25) is 0 Å². The van der Waals surface area contributed by atoms with Crippen LogP contribution in [0.5, 0.6) is 0 Å². The van der Waals surface area contributed by atoms with E-state index >= 15 is 0 Å². The van der Waals surface area contributed by atoms with Crippen molar-refractivity contribution in [3.63, 3.8) is 0 Å².